The predicted octanol–water partition coefficient (Wildman–Crippen LogP) is 3.98. The van der Waals surface area contributed by atoms with Crippen LogP contribution in [0.4, 0.5) is 15.8 Å². The van der Waals surface area contributed by atoms with Crippen LogP contribution in [0, 0.1) is 17.1 Å². The topological polar surface area (TPSA) is 66.5 Å². The molecule has 2 heterocycles. The van der Waals surface area contributed by atoms with Crippen LogP contribution < -0.4 is 5.32 Å². The van der Waals surface area contributed by atoms with E-state index in [2.05, 4.69) is 37.4 Å². The van der Waals surface area contributed by atoms with Crippen molar-refractivity contribution in [2.24, 2.45) is 0 Å². The zero-order valence-corrected chi connectivity index (χ0v) is 13.7. The second-order valence-electron chi connectivity index (χ2n) is 4.23. The van der Waals surface area contributed by atoms with Crippen molar-refractivity contribution in [1.82, 2.24) is 14.5 Å². The Bertz CT molecular complexity index is 857. The van der Waals surface area contributed by atoms with Gasteiger partial charge in [0.2, 0.25) is 0 Å². The van der Waals surface area contributed by atoms with Gasteiger partial charge in [-0.25, -0.2) is 8.84 Å². The highest BCUT2D eigenvalue weighted by atomic mass is 127. The van der Waals surface area contributed by atoms with Gasteiger partial charge in [0.25, 0.3) is 0 Å². The normalized spacial score (nSPS) is 11.1. The monoisotopic (exact) mass is 411 g/mol. The first kappa shape index (κ1) is 14.2. The zero-order chi connectivity index (χ0) is 14.8. The van der Waals surface area contributed by atoms with Crippen molar-refractivity contribution in [2.45, 2.75) is 0 Å². The summed E-state index contributed by atoms with van der Waals surface area (Å²) in [5.41, 5.74) is 2.40. The molecule has 0 saturated heterocycles. The van der Waals surface area contributed by atoms with Gasteiger partial charge in [0.1, 0.15) is 5.82 Å². The standard InChI is InChI=1S/C13H8FIN5P/c14-9-1-8(4-16)2-10(3-9)19-12-6-17-7-13-11(12)5-18-20(13)21-15/h1-3,5-7,19,21H. The van der Waals surface area contributed by atoms with E-state index >= 15 is 0 Å². The van der Waals surface area contributed by atoms with Crippen LogP contribution in [0.2, 0.25) is 0 Å². The summed E-state index contributed by atoms with van der Waals surface area (Å²) in [6, 6.07) is 6.05. The van der Waals surface area contributed by atoms with Crippen LogP contribution in [0.15, 0.2) is 36.8 Å². The van der Waals surface area contributed by atoms with E-state index in [4.69, 9.17) is 5.26 Å². The summed E-state index contributed by atoms with van der Waals surface area (Å²) in [5.74, 6) is -0.457. The number of hydrogen-bond acceptors (Lipinski definition) is 4. The van der Waals surface area contributed by atoms with Crippen molar-refractivity contribution in [3.63, 3.8) is 0 Å². The van der Waals surface area contributed by atoms with Crippen LogP contribution in [0.5, 0.6) is 0 Å². The van der Waals surface area contributed by atoms with Gasteiger partial charge in [-0.05, 0) is 40.2 Å². The Morgan fingerprint density at radius 1 is 1.29 bits per heavy atom. The second kappa shape index (κ2) is 5.92. The number of rotatable bonds is 3. The molecule has 0 aliphatic rings. The number of nitriles is 1. The van der Waals surface area contributed by atoms with E-state index in [0.29, 0.717) is 12.1 Å². The Balaban J connectivity index is 2.04. The number of aromatic nitrogens is 3. The van der Waals surface area contributed by atoms with Crippen LogP contribution in [-0.4, -0.2) is 14.5 Å². The van der Waals surface area contributed by atoms with E-state index in [9.17, 15) is 4.39 Å². The maximum Gasteiger partial charge on any atom is 0.126 e. The maximum absolute atomic E-state index is 13.5. The fourth-order valence-electron chi connectivity index (χ4n) is 1.99. The van der Waals surface area contributed by atoms with Crippen molar-refractivity contribution >= 4 is 50.7 Å². The highest BCUT2D eigenvalue weighted by molar-refractivity contribution is 14.2. The average Bonchev–Trinajstić information content (AvgIpc) is 2.90. The molecule has 2 aromatic heterocycles. The number of nitrogens with one attached hydrogen (secondary N) is 1. The molecule has 0 amide bonds. The quantitative estimate of drug-likeness (QED) is 0.523. The molecular formula is C13H8FIN5P. The van der Waals surface area contributed by atoms with Gasteiger partial charge in [-0.15, -0.1) is 0 Å². The van der Waals surface area contributed by atoms with Crippen molar-refractivity contribution in [3.8, 4) is 6.07 Å². The fraction of sp³-hybridized carbons (Fsp3) is 0. The molecule has 8 heteroatoms. The van der Waals surface area contributed by atoms with Gasteiger partial charge in [-0.1, -0.05) is 0 Å². The summed E-state index contributed by atoms with van der Waals surface area (Å²) in [6.45, 7) is 0. The Kier molecular flexibility index (Phi) is 3.99. The van der Waals surface area contributed by atoms with Crippen LogP contribution in [0.3, 0.4) is 0 Å². The molecule has 1 aromatic carbocycles. The molecule has 5 nitrogen and oxygen atoms in total. The SMILES string of the molecule is N#Cc1cc(F)cc(Nc2cncc3c2cnn3PI)c1. The molecule has 0 aliphatic heterocycles. The van der Waals surface area contributed by atoms with Crippen LogP contribution >= 0.6 is 28.4 Å². The summed E-state index contributed by atoms with van der Waals surface area (Å²) in [6.07, 6.45) is 5.61. The molecule has 104 valence electrons. The number of anilines is 2. The van der Waals surface area contributed by atoms with Gasteiger partial charge < -0.3 is 5.32 Å². The first-order chi connectivity index (χ1) is 10.2. The molecule has 3 rings (SSSR count). The highest BCUT2D eigenvalue weighted by Crippen LogP contribution is 2.32. The molecule has 1 N–H and O–H groups in total. The number of nitrogens with zero attached hydrogens (tertiary/aromatic N) is 4. The molecule has 0 spiro atoms. The predicted molar refractivity (Wildman–Crippen MR) is 89.7 cm³/mol. The minimum absolute atomic E-state index is 0.266. The molecular weight excluding hydrogens is 403 g/mol. The first-order valence-electron chi connectivity index (χ1n) is 5.87. The lowest BCUT2D eigenvalue weighted by Gasteiger charge is -2.08. The lowest BCUT2D eigenvalue weighted by atomic mass is 10.2. The Morgan fingerprint density at radius 2 is 2.14 bits per heavy atom. The van der Waals surface area contributed by atoms with E-state index in [0.717, 1.165) is 16.6 Å². The van der Waals surface area contributed by atoms with Gasteiger partial charge in [-0.2, -0.15) is 10.4 Å². The first-order valence-corrected chi connectivity index (χ1v) is 9.93. The second-order valence-corrected chi connectivity index (χ2v) is 6.27. The number of fused-ring (bicyclic) bond motifs is 1. The third kappa shape index (κ3) is 2.82. The van der Waals surface area contributed by atoms with Crippen molar-refractivity contribution in [2.75, 3.05) is 5.32 Å². The molecule has 0 aliphatic carbocycles. The smallest absolute Gasteiger partial charge is 0.126 e. The number of benzene rings is 1. The molecule has 21 heavy (non-hydrogen) atoms. The summed E-state index contributed by atoms with van der Waals surface area (Å²) in [5, 5.41) is 17.2. The van der Waals surface area contributed by atoms with Gasteiger partial charge >= 0.3 is 0 Å². The van der Waals surface area contributed by atoms with E-state index in [-0.39, 0.29) is 5.56 Å². The zero-order valence-electron chi connectivity index (χ0n) is 10.5. The van der Waals surface area contributed by atoms with E-state index in [1.54, 1.807) is 24.7 Å². The minimum Gasteiger partial charge on any atom is -0.354 e. The molecule has 0 bridgehead atoms. The largest absolute Gasteiger partial charge is 0.354 e. The third-order valence-electron chi connectivity index (χ3n) is 2.88. The molecule has 1 atom stereocenters. The Morgan fingerprint density at radius 3 is 2.90 bits per heavy atom. The minimum atomic E-state index is -0.457. The lowest BCUT2D eigenvalue weighted by Crippen LogP contribution is -1.94. The third-order valence-corrected chi connectivity index (χ3v) is 4.77. The van der Waals surface area contributed by atoms with Crippen LogP contribution in [0.25, 0.3) is 10.9 Å². The van der Waals surface area contributed by atoms with Gasteiger partial charge in [0.15, 0.2) is 0 Å². The highest BCUT2D eigenvalue weighted by Gasteiger charge is 2.08. The lowest BCUT2D eigenvalue weighted by molar-refractivity contribution is 0.628. The molecule has 0 radical (unpaired) electrons. The van der Waals surface area contributed by atoms with Gasteiger partial charge in [0, 0.05) is 11.1 Å². The van der Waals surface area contributed by atoms with E-state index in [1.165, 1.54) is 12.1 Å². The van der Waals surface area contributed by atoms with Crippen LogP contribution in [0.1, 0.15) is 5.56 Å². The molecule has 3 aromatic rings. The van der Waals surface area contributed by atoms with Gasteiger partial charge in [0.05, 0.1) is 47.8 Å². The summed E-state index contributed by atoms with van der Waals surface area (Å²) >= 11 is 2.24. The summed E-state index contributed by atoms with van der Waals surface area (Å²) < 4.78 is 15.3. The van der Waals surface area contributed by atoms with E-state index in [1.807, 2.05) is 10.5 Å². The van der Waals surface area contributed by atoms with Crippen molar-refractivity contribution < 1.29 is 4.39 Å². The number of halogens is 2. The molecule has 0 fully saturated rings. The molecule has 1 unspecified atom stereocenters. The van der Waals surface area contributed by atoms with Gasteiger partial charge in [-0.3, -0.25) is 4.98 Å². The molecule has 0 saturated carbocycles. The van der Waals surface area contributed by atoms with E-state index < -0.39 is 5.82 Å². The fourth-order valence-corrected chi connectivity index (χ4v) is 3.51. The van der Waals surface area contributed by atoms with Crippen LogP contribution in [-0.2, 0) is 0 Å². The van der Waals surface area contributed by atoms with Crippen molar-refractivity contribution in [3.05, 3.63) is 48.2 Å². The average molecular weight is 411 g/mol. The Labute approximate surface area is 134 Å². The number of hydrogen-bond donors (Lipinski definition) is 1. The summed E-state index contributed by atoms with van der Waals surface area (Å²) in [7, 11) is 0. The number of pyridine rings is 1. The maximum atomic E-state index is 13.5. The summed E-state index contributed by atoms with van der Waals surface area (Å²) in [4.78, 5) is 4.17. The Hall–Kier alpha value is -1.78. The van der Waals surface area contributed by atoms with Crippen molar-refractivity contribution in [1.29, 1.82) is 5.26 Å².